The molecule has 0 saturated carbocycles. The van der Waals surface area contributed by atoms with Crippen LogP contribution in [0.15, 0.2) is 66.2 Å². The van der Waals surface area contributed by atoms with E-state index in [4.69, 9.17) is 14.2 Å². The van der Waals surface area contributed by atoms with Gasteiger partial charge in [-0.05, 0) is 60.0 Å². The van der Waals surface area contributed by atoms with Crippen molar-refractivity contribution in [2.75, 3.05) is 7.11 Å². The number of methoxy groups -OCH3 is 1. The number of fused-ring (bicyclic) bond motifs is 4. The van der Waals surface area contributed by atoms with E-state index in [0.29, 0.717) is 0 Å². The minimum Gasteiger partial charge on any atom is -0.497 e. The highest BCUT2D eigenvalue weighted by molar-refractivity contribution is 5.94. The average molecular weight is 399 g/mol. The number of ether oxygens (including phenoxy) is 3. The van der Waals surface area contributed by atoms with E-state index in [-0.39, 0.29) is 0 Å². The van der Waals surface area contributed by atoms with Crippen LogP contribution < -0.4 is 14.2 Å². The first kappa shape index (κ1) is 18.8. The molecule has 2 aliphatic heterocycles. The molecular formula is C27H26O3. The lowest BCUT2D eigenvalue weighted by molar-refractivity contribution is -0.0438. The summed E-state index contributed by atoms with van der Waals surface area (Å²) in [5.41, 5.74) is 3.29. The number of rotatable bonds is 5. The second-order valence-electron chi connectivity index (χ2n) is 7.93. The van der Waals surface area contributed by atoms with Crippen molar-refractivity contribution in [3.05, 3.63) is 77.4 Å². The van der Waals surface area contributed by atoms with E-state index >= 15 is 0 Å². The third kappa shape index (κ3) is 3.15. The van der Waals surface area contributed by atoms with Crippen molar-refractivity contribution in [1.29, 1.82) is 0 Å². The lowest BCUT2D eigenvalue weighted by atomic mass is 9.90. The van der Waals surface area contributed by atoms with Crippen LogP contribution in [0.2, 0.25) is 0 Å². The summed E-state index contributed by atoms with van der Waals surface area (Å²) in [6.45, 7) is 2.22. The highest BCUT2D eigenvalue weighted by atomic mass is 16.7. The third-order valence-electron chi connectivity index (χ3n) is 5.97. The van der Waals surface area contributed by atoms with Gasteiger partial charge in [-0.15, -0.1) is 0 Å². The smallest absolute Gasteiger partial charge is 0.294 e. The fourth-order valence-corrected chi connectivity index (χ4v) is 4.34. The third-order valence-corrected chi connectivity index (χ3v) is 5.97. The van der Waals surface area contributed by atoms with Crippen LogP contribution in [0.3, 0.4) is 0 Å². The first-order chi connectivity index (χ1) is 14.7. The largest absolute Gasteiger partial charge is 0.497 e. The van der Waals surface area contributed by atoms with Crippen LogP contribution >= 0.6 is 0 Å². The Morgan fingerprint density at radius 2 is 1.77 bits per heavy atom. The normalized spacial score (nSPS) is 18.9. The Morgan fingerprint density at radius 1 is 0.933 bits per heavy atom. The zero-order valence-corrected chi connectivity index (χ0v) is 17.5. The summed E-state index contributed by atoms with van der Waals surface area (Å²) in [4.78, 5) is 0. The second kappa shape index (κ2) is 7.56. The van der Waals surface area contributed by atoms with Crippen molar-refractivity contribution in [2.24, 2.45) is 0 Å². The van der Waals surface area contributed by atoms with Crippen LogP contribution in [-0.4, -0.2) is 12.9 Å². The van der Waals surface area contributed by atoms with Gasteiger partial charge in [-0.25, -0.2) is 0 Å². The minimum atomic E-state index is -0.898. The molecule has 3 aromatic carbocycles. The number of hydrogen-bond donors (Lipinski definition) is 0. The maximum atomic E-state index is 6.62. The van der Waals surface area contributed by atoms with E-state index in [1.807, 2.05) is 18.2 Å². The van der Waals surface area contributed by atoms with Crippen molar-refractivity contribution in [2.45, 2.75) is 38.4 Å². The molecule has 2 aliphatic rings. The summed E-state index contributed by atoms with van der Waals surface area (Å²) in [7, 11) is 1.69. The zero-order chi connectivity index (χ0) is 20.6. The predicted molar refractivity (Wildman–Crippen MR) is 122 cm³/mol. The van der Waals surface area contributed by atoms with Gasteiger partial charge < -0.3 is 14.2 Å². The van der Waals surface area contributed by atoms with Gasteiger partial charge in [0.1, 0.15) is 17.2 Å². The Morgan fingerprint density at radius 3 is 2.63 bits per heavy atom. The quantitative estimate of drug-likeness (QED) is 0.433. The minimum absolute atomic E-state index is 0.809. The van der Waals surface area contributed by atoms with E-state index in [0.717, 1.165) is 46.8 Å². The summed E-state index contributed by atoms with van der Waals surface area (Å²) in [5.74, 6) is 1.60. The predicted octanol–water partition coefficient (Wildman–Crippen LogP) is 7.01. The molecule has 30 heavy (non-hydrogen) atoms. The maximum absolute atomic E-state index is 6.62. The molecule has 0 fully saturated rings. The molecule has 0 amide bonds. The fraction of sp³-hybridized carbons (Fsp3) is 0.259. The van der Waals surface area contributed by atoms with Crippen molar-refractivity contribution in [3.63, 3.8) is 0 Å². The highest BCUT2D eigenvalue weighted by Gasteiger charge is 2.42. The van der Waals surface area contributed by atoms with Gasteiger partial charge >= 0.3 is 0 Å². The summed E-state index contributed by atoms with van der Waals surface area (Å²) < 4.78 is 18.6. The molecule has 2 heterocycles. The molecule has 0 aliphatic carbocycles. The maximum Gasteiger partial charge on any atom is 0.294 e. The topological polar surface area (TPSA) is 27.7 Å². The van der Waals surface area contributed by atoms with Gasteiger partial charge in [0.25, 0.3) is 5.79 Å². The Labute approximate surface area is 177 Å². The van der Waals surface area contributed by atoms with Gasteiger partial charge in [0.2, 0.25) is 0 Å². The van der Waals surface area contributed by atoms with Crippen LogP contribution in [0.5, 0.6) is 17.2 Å². The molecule has 5 rings (SSSR count). The first-order valence-electron chi connectivity index (χ1n) is 10.7. The fourth-order valence-electron chi connectivity index (χ4n) is 4.34. The Kier molecular flexibility index (Phi) is 4.74. The molecule has 3 heteroatoms. The number of unbranched alkanes of at least 4 members (excludes halogenated alkanes) is 2. The van der Waals surface area contributed by atoms with E-state index in [2.05, 4.69) is 61.5 Å². The van der Waals surface area contributed by atoms with Crippen molar-refractivity contribution < 1.29 is 14.2 Å². The lowest BCUT2D eigenvalue weighted by Crippen LogP contribution is -2.45. The molecule has 1 unspecified atom stereocenters. The summed E-state index contributed by atoms with van der Waals surface area (Å²) in [6.07, 6.45) is 10.8. The molecular weight excluding hydrogens is 372 g/mol. The van der Waals surface area contributed by atoms with E-state index in [1.165, 1.54) is 23.6 Å². The molecule has 1 spiro atoms. The van der Waals surface area contributed by atoms with Gasteiger partial charge in [0.15, 0.2) is 0 Å². The summed E-state index contributed by atoms with van der Waals surface area (Å²) in [5, 5.41) is 2.40. The monoisotopic (exact) mass is 398 g/mol. The zero-order valence-electron chi connectivity index (χ0n) is 17.5. The van der Waals surface area contributed by atoms with Crippen LogP contribution in [0.4, 0.5) is 0 Å². The van der Waals surface area contributed by atoms with Crippen molar-refractivity contribution in [3.8, 4) is 17.2 Å². The molecule has 0 radical (unpaired) electrons. The van der Waals surface area contributed by atoms with Crippen LogP contribution in [0.25, 0.3) is 22.9 Å². The van der Waals surface area contributed by atoms with Crippen molar-refractivity contribution >= 4 is 22.9 Å². The molecule has 3 nitrogen and oxygen atoms in total. The van der Waals surface area contributed by atoms with Gasteiger partial charge in [-0.3, -0.25) is 0 Å². The Hall–Kier alpha value is -3.20. The molecule has 0 bridgehead atoms. The number of benzene rings is 3. The van der Waals surface area contributed by atoms with E-state index in [9.17, 15) is 0 Å². The Bertz CT molecular complexity index is 1160. The molecule has 3 aromatic rings. The molecule has 0 saturated heterocycles. The van der Waals surface area contributed by atoms with E-state index in [1.54, 1.807) is 7.11 Å². The second-order valence-corrected chi connectivity index (χ2v) is 7.93. The lowest BCUT2D eigenvalue weighted by Gasteiger charge is -2.40. The molecule has 0 N–H and O–H groups in total. The summed E-state index contributed by atoms with van der Waals surface area (Å²) >= 11 is 0. The average Bonchev–Trinajstić information content (AvgIpc) is 2.79. The van der Waals surface area contributed by atoms with Gasteiger partial charge in [0, 0.05) is 22.8 Å². The molecule has 1 atom stereocenters. The first-order valence-corrected chi connectivity index (χ1v) is 10.7. The van der Waals surface area contributed by atoms with Gasteiger partial charge in [-0.2, -0.15) is 0 Å². The van der Waals surface area contributed by atoms with Crippen molar-refractivity contribution in [1.82, 2.24) is 0 Å². The van der Waals surface area contributed by atoms with Crippen LogP contribution in [0.1, 0.15) is 43.7 Å². The SMILES string of the molecule is CCCCCC1=Cc2cc(OC)ccc2OC12C=Cc1c(ccc3ccccc13)O2. The highest BCUT2D eigenvalue weighted by Crippen LogP contribution is 2.45. The van der Waals surface area contributed by atoms with E-state index < -0.39 is 5.79 Å². The Balaban J connectivity index is 1.58. The molecule has 0 aromatic heterocycles. The standard InChI is InChI=1S/C27H26O3/c1-3-4-5-9-21-17-20-18-22(28-2)12-14-25(20)29-27(21)16-15-24-23-10-7-6-8-19(23)11-13-26(24)30-27/h6-8,10-18H,3-5,9H2,1-2H3. The number of hydrogen-bond acceptors (Lipinski definition) is 3. The molecule has 152 valence electrons. The van der Waals surface area contributed by atoms with Gasteiger partial charge in [0.05, 0.1) is 7.11 Å². The van der Waals surface area contributed by atoms with Crippen LogP contribution in [-0.2, 0) is 0 Å². The summed E-state index contributed by atoms with van der Waals surface area (Å²) in [6, 6.07) is 18.5. The van der Waals surface area contributed by atoms with Gasteiger partial charge in [-0.1, -0.05) is 50.1 Å². The van der Waals surface area contributed by atoms with Crippen LogP contribution in [0, 0.1) is 0 Å².